The SMILES string of the molecule is CC1(C)c2ccccc2-c2cc3c(cc21)c1cccnc1n3-c1ccc(CN(c2ccccc2)c2ccccc2N)cc1. The Labute approximate surface area is 251 Å². The van der Waals surface area contributed by atoms with Crippen LogP contribution in [0.5, 0.6) is 0 Å². The lowest BCUT2D eigenvalue weighted by Gasteiger charge is -2.26. The minimum Gasteiger partial charge on any atom is -0.397 e. The summed E-state index contributed by atoms with van der Waals surface area (Å²) in [6.07, 6.45) is 1.89. The highest BCUT2D eigenvalue weighted by atomic mass is 15.1. The van der Waals surface area contributed by atoms with Gasteiger partial charge in [-0.25, -0.2) is 4.98 Å². The third kappa shape index (κ3) is 3.94. The number of nitrogens with two attached hydrogens (primary N) is 1. The fraction of sp³-hybridized carbons (Fsp3) is 0.103. The molecule has 1 aliphatic carbocycles. The second-order valence-electron chi connectivity index (χ2n) is 11.9. The number of aromatic nitrogens is 2. The lowest BCUT2D eigenvalue weighted by molar-refractivity contribution is 0.661. The molecule has 0 bridgehead atoms. The maximum atomic E-state index is 6.44. The lowest BCUT2D eigenvalue weighted by Crippen LogP contribution is -2.17. The molecular formula is C39H32N4. The number of nitrogen functional groups attached to an aromatic ring is 1. The minimum absolute atomic E-state index is 0.0504. The second-order valence-corrected chi connectivity index (χ2v) is 11.9. The third-order valence-electron chi connectivity index (χ3n) is 9.06. The molecule has 2 N–H and O–H groups in total. The highest BCUT2D eigenvalue weighted by Gasteiger charge is 2.36. The van der Waals surface area contributed by atoms with E-state index in [9.17, 15) is 0 Å². The number of pyridine rings is 1. The molecule has 8 rings (SSSR count). The van der Waals surface area contributed by atoms with Crippen molar-refractivity contribution < 1.29 is 0 Å². The molecule has 5 aromatic carbocycles. The van der Waals surface area contributed by atoms with Gasteiger partial charge in [0.15, 0.2) is 0 Å². The molecule has 0 aliphatic heterocycles. The first-order valence-corrected chi connectivity index (χ1v) is 14.8. The molecule has 7 aromatic rings. The molecule has 0 fully saturated rings. The summed E-state index contributed by atoms with van der Waals surface area (Å²) in [6.45, 7) is 5.37. The van der Waals surface area contributed by atoms with Crippen LogP contribution in [0.4, 0.5) is 17.1 Å². The average molecular weight is 557 g/mol. The summed E-state index contributed by atoms with van der Waals surface area (Å²) < 4.78 is 2.31. The van der Waals surface area contributed by atoms with Gasteiger partial charge in [-0.3, -0.25) is 4.57 Å². The lowest BCUT2D eigenvalue weighted by atomic mass is 9.82. The maximum absolute atomic E-state index is 6.44. The molecule has 2 heterocycles. The Morgan fingerprint density at radius 1 is 0.698 bits per heavy atom. The quantitative estimate of drug-likeness (QED) is 0.215. The molecule has 4 heteroatoms. The number of fused-ring (bicyclic) bond motifs is 6. The zero-order valence-corrected chi connectivity index (χ0v) is 24.3. The van der Waals surface area contributed by atoms with Crippen LogP contribution < -0.4 is 10.6 Å². The first kappa shape index (κ1) is 25.4. The van der Waals surface area contributed by atoms with Crippen molar-refractivity contribution >= 4 is 39.0 Å². The zero-order valence-electron chi connectivity index (χ0n) is 24.3. The third-order valence-corrected chi connectivity index (χ3v) is 9.06. The molecule has 0 radical (unpaired) electrons. The molecule has 208 valence electrons. The number of rotatable bonds is 5. The van der Waals surface area contributed by atoms with Crippen LogP contribution in [0.3, 0.4) is 0 Å². The molecule has 0 amide bonds. The Balaban J connectivity index is 1.25. The molecular weight excluding hydrogens is 524 g/mol. The van der Waals surface area contributed by atoms with E-state index in [0.29, 0.717) is 6.54 Å². The van der Waals surface area contributed by atoms with Crippen LogP contribution in [0, 0.1) is 0 Å². The van der Waals surface area contributed by atoms with Gasteiger partial charge in [0.1, 0.15) is 5.65 Å². The van der Waals surface area contributed by atoms with Gasteiger partial charge in [-0.15, -0.1) is 0 Å². The number of hydrogen-bond acceptors (Lipinski definition) is 3. The zero-order chi connectivity index (χ0) is 29.1. The molecule has 43 heavy (non-hydrogen) atoms. The molecule has 2 aromatic heterocycles. The van der Waals surface area contributed by atoms with E-state index in [0.717, 1.165) is 28.4 Å². The normalized spacial score (nSPS) is 13.3. The monoisotopic (exact) mass is 556 g/mol. The summed E-state index contributed by atoms with van der Waals surface area (Å²) in [6, 6.07) is 45.2. The molecule has 1 aliphatic rings. The van der Waals surface area contributed by atoms with Crippen molar-refractivity contribution in [2.45, 2.75) is 25.8 Å². The van der Waals surface area contributed by atoms with Gasteiger partial charge in [-0.1, -0.05) is 80.6 Å². The van der Waals surface area contributed by atoms with E-state index in [1.165, 1.54) is 44.1 Å². The maximum Gasteiger partial charge on any atom is 0.145 e. The standard InChI is InChI=1S/C39H32N4/c1-39(2)33-15-7-6-13-29(33)31-24-37-32(23-34(31)39)30-14-10-22-41-38(30)43(37)28-20-18-26(19-21-28)25-42(27-11-4-3-5-12-27)36-17-9-8-16-35(36)40/h3-24H,25,40H2,1-2H3. The molecule has 4 nitrogen and oxygen atoms in total. The Kier molecular flexibility index (Phi) is 5.66. The van der Waals surface area contributed by atoms with E-state index < -0.39 is 0 Å². The van der Waals surface area contributed by atoms with Crippen molar-refractivity contribution in [2.24, 2.45) is 0 Å². The molecule has 0 saturated heterocycles. The van der Waals surface area contributed by atoms with Crippen LogP contribution >= 0.6 is 0 Å². The Hall–Kier alpha value is -5.35. The Morgan fingerprint density at radius 2 is 1.44 bits per heavy atom. The highest BCUT2D eigenvalue weighted by molar-refractivity contribution is 6.10. The number of nitrogens with zero attached hydrogens (tertiary/aromatic N) is 3. The summed E-state index contributed by atoms with van der Waals surface area (Å²) in [4.78, 5) is 7.15. The van der Waals surface area contributed by atoms with E-state index in [4.69, 9.17) is 10.7 Å². The molecule has 0 atom stereocenters. The molecule has 0 saturated carbocycles. The van der Waals surface area contributed by atoms with Gasteiger partial charge in [0.25, 0.3) is 0 Å². The van der Waals surface area contributed by atoms with Gasteiger partial charge >= 0.3 is 0 Å². The van der Waals surface area contributed by atoms with Crippen molar-refractivity contribution in [3.63, 3.8) is 0 Å². The van der Waals surface area contributed by atoms with Crippen molar-refractivity contribution in [3.05, 3.63) is 150 Å². The van der Waals surface area contributed by atoms with Crippen molar-refractivity contribution in [2.75, 3.05) is 10.6 Å². The van der Waals surface area contributed by atoms with E-state index in [1.807, 2.05) is 36.5 Å². The van der Waals surface area contributed by atoms with Gasteiger partial charge in [0.05, 0.1) is 16.9 Å². The fourth-order valence-electron chi connectivity index (χ4n) is 6.89. The Bertz CT molecular complexity index is 2140. The first-order chi connectivity index (χ1) is 21.0. The number of para-hydroxylation sites is 3. The van der Waals surface area contributed by atoms with Crippen LogP contribution in [0.1, 0.15) is 30.5 Å². The fourth-order valence-corrected chi connectivity index (χ4v) is 6.89. The van der Waals surface area contributed by atoms with Crippen LogP contribution in [0.15, 0.2) is 134 Å². The van der Waals surface area contributed by atoms with Gasteiger partial charge in [0, 0.05) is 40.3 Å². The van der Waals surface area contributed by atoms with Crippen LogP contribution in [-0.2, 0) is 12.0 Å². The average Bonchev–Trinajstić information content (AvgIpc) is 3.48. The van der Waals surface area contributed by atoms with Crippen molar-refractivity contribution in [1.82, 2.24) is 9.55 Å². The summed E-state index contributed by atoms with van der Waals surface area (Å²) in [7, 11) is 0. The van der Waals surface area contributed by atoms with Crippen molar-refractivity contribution in [1.29, 1.82) is 0 Å². The van der Waals surface area contributed by atoms with Crippen LogP contribution in [0.25, 0.3) is 38.8 Å². The van der Waals surface area contributed by atoms with E-state index in [-0.39, 0.29) is 5.41 Å². The highest BCUT2D eigenvalue weighted by Crippen LogP contribution is 2.50. The predicted molar refractivity (Wildman–Crippen MR) is 179 cm³/mol. The van der Waals surface area contributed by atoms with Gasteiger partial charge in [-0.05, 0) is 88.5 Å². The predicted octanol–water partition coefficient (Wildman–Crippen LogP) is 9.41. The summed E-state index contributed by atoms with van der Waals surface area (Å²) in [5.41, 5.74) is 19.1. The second kappa shape index (κ2) is 9.60. The number of hydrogen-bond donors (Lipinski definition) is 1. The van der Waals surface area contributed by atoms with Gasteiger partial charge in [-0.2, -0.15) is 0 Å². The van der Waals surface area contributed by atoms with Crippen molar-refractivity contribution in [3.8, 4) is 16.8 Å². The number of anilines is 3. The van der Waals surface area contributed by atoms with Gasteiger partial charge in [0.2, 0.25) is 0 Å². The number of benzene rings is 5. The van der Waals surface area contributed by atoms with Crippen LogP contribution in [0.2, 0.25) is 0 Å². The summed E-state index contributed by atoms with van der Waals surface area (Å²) in [5.74, 6) is 0. The first-order valence-electron chi connectivity index (χ1n) is 14.8. The molecule has 0 spiro atoms. The molecule has 0 unspecified atom stereocenters. The summed E-state index contributed by atoms with van der Waals surface area (Å²) in [5, 5.41) is 2.41. The van der Waals surface area contributed by atoms with Crippen LogP contribution in [-0.4, -0.2) is 9.55 Å². The smallest absolute Gasteiger partial charge is 0.145 e. The largest absolute Gasteiger partial charge is 0.397 e. The van der Waals surface area contributed by atoms with Gasteiger partial charge < -0.3 is 10.6 Å². The Morgan fingerprint density at radius 3 is 2.26 bits per heavy atom. The van der Waals surface area contributed by atoms with E-state index >= 15 is 0 Å². The minimum atomic E-state index is -0.0504. The summed E-state index contributed by atoms with van der Waals surface area (Å²) >= 11 is 0. The van der Waals surface area contributed by atoms with E-state index in [1.54, 1.807) is 0 Å². The van der Waals surface area contributed by atoms with E-state index in [2.05, 4.69) is 120 Å². The topological polar surface area (TPSA) is 47.1 Å².